The number of methoxy groups -OCH3 is 1. The van der Waals surface area contributed by atoms with Crippen LogP contribution in [-0.2, 0) is 9.53 Å². The number of carbonyl (C=O) groups is 2. The van der Waals surface area contributed by atoms with E-state index in [0.717, 1.165) is 43.7 Å². The van der Waals surface area contributed by atoms with E-state index in [-0.39, 0.29) is 30.4 Å². The number of carbonyl (C=O) groups excluding carboxylic acids is 2. The Morgan fingerprint density at radius 3 is 2.94 bits per heavy atom. The Balaban J connectivity index is 1.31. The van der Waals surface area contributed by atoms with Crippen LogP contribution in [0, 0.1) is 0 Å². The standard InChI is InChI=1S/C22H28N4O4S/c1-29-17-5-2-4-15(12-17)24-22-25-19(14-31-22)21(28)26(16-7-8-16)10-9-20(27)23-13-18-6-3-11-30-18/h2,4-5,12,14,16,18H,3,6-11,13H2,1H3,(H,23,27)(H,24,25). The van der Waals surface area contributed by atoms with E-state index in [2.05, 4.69) is 15.6 Å². The molecule has 31 heavy (non-hydrogen) atoms. The van der Waals surface area contributed by atoms with Crippen LogP contribution in [0.25, 0.3) is 0 Å². The molecule has 2 N–H and O–H groups in total. The Labute approximate surface area is 185 Å². The number of nitrogens with zero attached hydrogens (tertiary/aromatic N) is 2. The number of nitrogens with one attached hydrogen (secondary N) is 2. The van der Waals surface area contributed by atoms with E-state index in [1.807, 2.05) is 24.3 Å². The SMILES string of the molecule is COc1cccc(Nc2nc(C(=O)N(CCC(=O)NCC3CCCO3)C3CC3)cs2)c1. The molecular weight excluding hydrogens is 416 g/mol. The van der Waals surface area contributed by atoms with Crippen molar-refractivity contribution in [2.75, 3.05) is 32.1 Å². The summed E-state index contributed by atoms with van der Waals surface area (Å²) < 4.78 is 10.8. The summed E-state index contributed by atoms with van der Waals surface area (Å²) in [4.78, 5) is 31.5. The summed E-state index contributed by atoms with van der Waals surface area (Å²) in [5.41, 5.74) is 1.25. The van der Waals surface area contributed by atoms with Crippen molar-refractivity contribution in [2.45, 2.75) is 44.2 Å². The van der Waals surface area contributed by atoms with Gasteiger partial charge in [0.2, 0.25) is 5.91 Å². The molecule has 0 radical (unpaired) electrons. The van der Waals surface area contributed by atoms with Crippen molar-refractivity contribution in [3.05, 3.63) is 35.3 Å². The number of hydrogen-bond acceptors (Lipinski definition) is 7. The van der Waals surface area contributed by atoms with Crippen LogP contribution >= 0.6 is 11.3 Å². The monoisotopic (exact) mass is 444 g/mol. The number of aromatic nitrogens is 1. The maximum absolute atomic E-state index is 13.0. The van der Waals surface area contributed by atoms with E-state index in [0.29, 0.717) is 23.9 Å². The molecule has 1 aliphatic carbocycles. The summed E-state index contributed by atoms with van der Waals surface area (Å²) in [5, 5.41) is 8.54. The largest absolute Gasteiger partial charge is 0.497 e. The van der Waals surface area contributed by atoms with E-state index in [1.54, 1.807) is 17.4 Å². The summed E-state index contributed by atoms with van der Waals surface area (Å²) in [6.07, 6.45) is 4.39. The van der Waals surface area contributed by atoms with E-state index in [9.17, 15) is 9.59 Å². The molecule has 1 aromatic carbocycles. The Morgan fingerprint density at radius 2 is 2.19 bits per heavy atom. The highest BCUT2D eigenvalue weighted by Gasteiger charge is 2.34. The molecule has 2 aromatic rings. The van der Waals surface area contributed by atoms with Crippen LogP contribution in [0.1, 0.15) is 42.6 Å². The minimum Gasteiger partial charge on any atom is -0.497 e. The minimum atomic E-state index is -0.121. The number of ether oxygens (including phenoxy) is 2. The summed E-state index contributed by atoms with van der Waals surface area (Å²) in [6, 6.07) is 7.74. The smallest absolute Gasteiger partial charge is 0.273 e. The van der Waals surface area contributed by atoms with Gasteiger partial charge in [-0.3, -0.25) is 9.59 Å². The van der Waals surface area contributed by atoms with Gasteiger partial charge in [0.05, 0.1) is 13.2 Å². The first-order valence-electron chi connectivity index (χ1n) is 10.7. The van der Waals surface area contributed by atoms with E-state index in [4.69, 9.17) is 9.47 Å². The zero-order chi connectivity index (χ0) is 21.6. The lowest BCUT2D eigenvalue weighted by Crippen LogP contribution is -2.38. The molecule has 1 saturated carbocycles. The van der Waals surface area contributed by atoms with Gasteiger partial charge in [0.15, 0.2) is 5.13 Å². The molecule has 2 amide bonds. The quantitative estimate of drug-likeness (QED) is 0.585. The third kappa shape index (κ3) is 5.95. The van der Waals surface area contributed by atoms with Gasteiger partial charge < -0.3 is 25.0 Å². The minimum absolute atomic E-state index is 0.0485. The molecule has 166 valence electrons. The molecule has 2 fully saturated rings. The van der Waals surface area contributed by atoms with Gasteiger partial charge in [-0.05, 0) is 37.8 Å². The average molecular weight is 445 g/mol. The van der Waals surface area contributed by atoms with Gasteiger partial charge in [0.1, 0.15) is 11.4 Å². The van der Waals surface area contributed by atoms with Crippen molar-refractivity contribution >= 4 is 34.0 Å². The highest BCUT2D eigenvalue weighted by molar-refractivity contribution is 7.14. The third-order valence-corrected chi connectivity index (χ3v) is 6.18. The molecular formula is C22H28N4O4S. The normalized spacial score (nSPS) is 17.9. The molecule has 4 rings (SSSR count). The topological polar surface area (TPSA) is 92.8 Å². The van der Waals surface area contributed by atoms with Gasteiger partial charge in [0.25, 0.3) is 5.91 Å². The number of benzene rings is 1. The van der Waals surface area contributed by atoms with Crippen LogP contribution in [0.5, 0.6) is 5.75 Å². The van der Waals surface area contributed by atoms with Gasteiger partial charge in [0, 0.05) is 49.3 Å². The maximum atomic E-state index is 13.0. The number of thiazole rings is 1. The van der Waals surface area contributed by atoms with E-state index in [1.165, 1.54) is 11.3 Å². The van der Waals surface area contributed by atoms with Crippen molar-refractivity contribution < 1.29 is 19.1 Å². The van der Waals surface area contributed by atoms with Crippen LogP contribution in [0.2, 0.25) is 0 Å². The summed E-state index contributed by atoms with van der Waals surface area (Å²) in [7, 11) is 1.62. The lowest BCUT2D eigenvalue weighted by atomic mass is 10.2. The third-order valence-electron chi connectivity index (χ3n) is 5.42. The van der Waals surface area contributed by atoms with Crippen molar-refractivity contribution in [1.29, 1.82) is 0 Å². The van der Waals surface area contributed by atoms with Gasteiger partial charge in [-0.2, -0.15) is 0 Å². The van der Waals surface area contributed by atoms with Crippen molar-refractivity contribution in [3.8, 4) is 5.75 Å². The van der Waals surface area contributed by atoms with Crippen LogP contribution in [0.15, 0.2) is 29.6 Å². The average Bonchev–Trinajstić information content (AvgIpc) is 3.28. The fourth-order valence-electron chi connectivity index (χ4n) is 3.58. The lowest BCUT2D eigenvalue weighted by molar-refractivity contribution is -0.121. The van der Waals surface area contributed by atoms with Gasteiger partial charge in [-0.25, -0.2) is 4.98 Å². The first-order valence-corrected chi connectivity index (χ1v) is 11.6. The number of amides is 2. The molecule has 0 spiro atoms. The number of anilines is 2. The van der Waals surface area contributed by atoms with Crippen molar-refractivity contribution in [1.82, 2.24) is 15.2 Å². The zero-order valence-electron chi connectivity index (χ0n) is 17.6. The molecule has 1 aromatic heterocycles. The molecule has 2 aliphatic rings. The Morgan fingerprint density at radius 1 is 1.32 bits per heavy atom. The van der Waals surface area contributed by atoms with E-state index >= 15 is 0 Å². The highest BCUT2D eigenvalue weighted by atomic mass is 32.1. The first-order chi connectivity index (χ1) is 15.1. The molecule has 8 nitrogen and oxygen atoms in total. The molecule has 1 saturated heterocycles. The summed E-state index contributed by atoms with van der Waals surface area (Å²) in [5.74, 6) is 0.576. The molecule has 0 bridgehead atoms. The molecule has 1 aliphatic heterocycles. The van der Waals surface area contributed by atoms with Gasteiger partial charge in [-0.15, -0.1) is 11.3 Å². The molecule has 1 unspecified atom stereocenters. The predicted molar refractivity (Wildman–Crippen MR) is 119 cm³/mol. The summed E-state index contributed by atoms with van der Waals surface area (Å²) >= 11 is 1.38. The van der Waals surface area contributed by atoms with Gasteiger partial charge >= 0.3 is 0 Å². The molecule has 9 heteroatoms. The van der Waals surface area contributed by atoms with E-state index < -0.39 is 0 Å². The fourth-order valence-corrected chi connectivity index (χ4v) is 4.28. The van der Waals surface area contributed by atoms with Crippen molar-refractivity contribution in [2.24, 2.45) is 0 Å². The second kappa shape index (κ2) is 10.1. The highest BCUT2D eigenvalue weighted by Crippen LogP contribution is 2.30. The zero-order valence-corrected chi connectivity index (χ0v) is 18.5. The predicted octanol–water partition coefficient (Wildman–Crippen LogP) is 3.19. The van der Waals surface area contributed by atoms with Crippen LogP contribution in [0.3, 0.4) is 0 Å². The van der Waals surface area contributed by atoms with Gasteiger partial charge in [-0.1, -0.05) is 6.07 Å². The number of rotatable bonds is 10. The second-order valence-corrected chi connectivity index (χ2v) is 8.67. The Kier molecular flexibility index (Phi) is 7.03. The van der Waals surface area contributed by atoms with Crippen LogP contribution in [-0.4, -0.2) is 60.7 Å². The summed E-state index contributed by atoms with van der Waals surface area (Å²) in [6.45, 7) is 1.71. The first kappa shape index (κ1) is 21.6. The Hall–Kier alpha value is -2.65. The lowest BCUT2D eigenvalue weighted by Gasteiger charge is -2.21. The van der Waals surface area contributed by atoms with Crippen molar-refractivity contribution in [3.63, 3.8) is 0 Å². The second-order valence-electron chi connectivity index (χ2n) is 7.81. The van der Waals surface area contributed by atoms with Crippen LogP contribution in [0.4, 0.5) is 10.8 Å². The maximum Gasteiger partial charge on any atom is 0.273 e. The Bertz CT molecular complexity index is 908. The number of hydrogen-bond donors (Lipinski definition) is 2. The van der Waals surface area contributed by atoms with Crippen LogP contribution < -0.4 is 15.4 Å². The molecule has 2 heterocycles. The molecule has 1 atom stereocenters. The fraction of sp³-hybridized carbons (Fsp3) is 0.500.